The van der Waals surface area contributed by atoms with E-state index in [4.69, 9.17) is 9.26 Å². The average Bonchev–Trinajstić information content (AvgIpc) is 3.01. The van der Waals surface area contributed by atoms with Crippen molar-refractivity contribution in [2.45, 2.75) is 19.8 Å². The van der Waals surface area contributed by atoms with Gasteiger partial charge in [-0.05, 0) is 65.7 Å². The van der Waals surface area contributed by atoms with Gasteiger partial charge in [0.1, 0.15) is 17.3 Å². The molecule has 0 spiro atoms. The van der Waals surface area contributed by atoms with Gasteiger partial charge in [-0.2, -0.15) is 0 Å². The second-order valence-electron chi connectivity index (χ2n) is 5.76. The van der Waals surface area contributed by atoms with Crippen LogP contribution < -0.4 is 4.74 Å². The third-order valence-electron chi connectivity index (χ3n) is 4.03. The third kappa shape index (κ3) is 2.60. The number of aromatic nitrogens is 1. The summed E-state index contributed by atoms with van der Waals surface area (Å²) in [6, 6.07) is 15.8. The monoisotopic (exact) mass is 321 g/mol. The Morgan fingerprint density at radius 2 is 1.79 bits per heavy atom. The number of fused-ring (bicyclic) bond motifs is 3. The summed E-state index contributed by atoms with van der Waals surface area (Å²) >= 11 is 0. The van der Waals surface area contributed by atoms with Crippen molar-refractivity contribution in [3.63, 3.8) is 0 Å². The molecule has 1 heterocycles. The molecule has 0 atom stereocenters. The summed E-state index contributed by atoms with van der Waals surface area (Å²) in [5.74, 6) is 1.04. The SMILES string of the molecule is CCCc1noc2ccc3cc(Oc4ccc(F)cc4)ccc3c12. The molecule has 4 aromatic rings. The first kappa shape index (κ1) is 14.7. The van der Waals surface area contributed by atoms with Crippen molar-refractivity contribution in [3.8, 4) is 11.5 Å². The molecule has 0 saturated heterocycles. The van der Waals surface area contributed by atoms with Gasteiger partial charge in [-0.15, -0.1) is 0 Å². The van der Waals surface area contributed by atoms with Crippen molar-refractivity contribution in [2.24, 2.45) is 0 Å². The van der Waals surface area contributed by atoms with Crippen LogP contribution in [0.2, 0.25) is 0 Å². The molecule has 0 radical (unpaired) electrons. The van der Waals surface area contributed by atoms with E-state index in [1.165, 1.54) is 12.1 Å². The fraction of sp³-hybridized carbons (Fsp3) is 0.150. The van der Waals surface area contributed by atoms with E-state index in [1.54, 1.807) is 12.1 Å². The van der Waals surface area contributed by atoms with Crippen LogP contribution >= 0.6 is 0 Å². The molecule has 0 N–H and O–H groups in total. The van der Waals surface area contributed by atoms with Crippen LogP contribution in [-0.2, 0) is 6.42 Å². The van der Waals surface area contributed by atoms with E-state index in [1.807, 2.05) is 30.3 Å². The maximum atomic E-state index is 13.0. The highest BCUT2D eigenvalue weighted by molar-refractivity contribution is 6.07. The molecule has 0 aliphatic rings. The van der Waals surface area contributed by atoms with Crippen LogP contribution in [0.25, 0.3) is 21.7 Å². The van der Waals surface area contributed by atoms with Gasteiger partial charge in [0.2, 0.25) is 0 Å². The molecule has 4 rings (SSSR count). The lowest BCUT2D eigenvalue weighted by molar-refractivity contribution is 0.445. The summed E-state index contributed by atoms with van der Waals surface area (Å²) in [5.41, 5.74) is 1.79. The van der Waals surface area contributed by atoms with Gasteiger partial charge in [0.05, 0.1) is 11.1 Å². The van der Waals surface area contributed by atoms with Crippen LogP contribution in [0.5, 0.6) is 11.5 Å². The van der Waals surface area contributed by atoms with E-state index in [0.29, 0.717) is 11.5 Å². The van der Waals surface area contributed by atoms with E-state index in [9.17, 15) is 4.39 Å². The molecular formula is C20H16FNO2. The second kappa shape index (κ2) is 5.96. The number of benzene rings is 3. The molecule has 0 aliphatic carbocycles. The Morgan fingerprint density at radius 3 is 2.58 bits per heavy atom. The van der Waals surface area contributed by atoms with Crippen LogP contribution in [0.1, 0.15) is 19.0 Å². The highest BCUT2D eigenvalue weighted by atomic mass is 19.1. The summed E-state index contributed by atoms with van der Waals surface area (Å²) in [4.78, 5) is 0. The minimum atomic E-state index is -0.279. The summed E-state index contributed by atoms with van der Waals surface area (Å²) in [6.07, 6.45) is 1.91. The Bertz CT molecular complexity index is 1010. The molecule has 1 aromatic heterocycles. The number of rotatable bonds is 4. The van der Waals surface area contributed by atoms with Crippen LogP contribution in [-0.4, -0.2) is 5.16 Å². The lowest BCUT2D eigenvalue weighted by Crippen LogP contribution is -1.87. The topological polar surface area (TPSA) is 35.3 Å². The molecule has 0 unspecified atom stereocenters. The normalized spacial score (nSPS) is 11.2. The van der Waals surface area contributed by atoms with Crippen LogP contribution in [0, 0.1) is 5.82 Å². The average molecular weight is 321 g/mol. The molecule has 0 fully saturated rings. The summed E-state index contributed by atoms with van der Waals surface area (Å²) in [6.45, 7) is 2.13. The van der Waals surface area contributed by atoms with Gasteiger partial charge in [0.25, 0.3) is 0 Å². The predicted octanol–water partition coefficient (Wildman–Crippen LogP) is 5.86. The van der Waals surface area contributed by atoms with Crippen molar-refractivity contribution >= 4 is 21.7 Å². The van der Waals surface area contributed by atoms with E-state index in [0.717, 1.165) is 40.3 Å². The first-order valence-corrected chi connectivity index (χ1v) is 7.99. The number of halogens is 1. The predicted molar refractivity (Wildman–Crippen MR) is 92.0 cm³/mol. The molecular weight excluding hydrogens is 305 g/mol. The number of hydrogen-bond acceptors (Lipinski definition) is 3. The number of aryl methyl sites for hydroxylation is 1. The van der Waals surface area contributed by atoms with E-state index >= 15 is 0 Å². The number of ether oxygens (including phenoxy) is 1. The van der Waals surface area contributed by atoms with Crippen LogP contribution in [0.15, 0.2) is 59.1 Å². The van der Waals surface area contributed by atoms with Gasteiger partial charge < -0.3 is 9.26 Å². The molecule has 3 aromatic carbocycles. The minimum absolute atomic E-state index is 0.279. The zero-order valence-corrected chi connectivity index (χ0v) is 13.3. The zero-order valence-electron chi connectivity index (χ0n) is 13.3. The second-order valence-corrected chi connectivity index (χ2v) is 5.76. The summed E-state index contributed by atoms with van der Waals surface area (Å²) < 4.78 is 24.2. The molecule has 0 bridgehead atoms. The fourth-order valence-electron chi connectivity index (χ4n) is 2.92. The number of nitrogens with zero attached hydrogens (tertiary/aromatic N) is 1. The lowest BCUT2D eigenvalue weighted by atomic mass is 10.0. The highest BCUT2D eigenvalue weighted by Crippen LogP contribution is 2.32. The van der Waals surface area contributed by atoms with Crippen molar-refractivity contribution in [1.82, 2.24) is 5.16 Å². The molecule has 24 heavy (non-hydrogen) atoms. The quantitative estimate of drug-likeness (QED) is 0.472. The highest BCUT2D eigenvalue weighted by Gasteiger charge is 2.12. The van der Waals surface area contributed by atoms with Crippen molar-refractivity contribution in [2.75, 3.05) is 0 Å². The minimum Gasteiger partial charge on any atom is -0.457 e. The largest absolute Gasteiger partial charge is 0.457 e. The maximum absolute atomic E-state index is 13.0. The maximum Gasteiger partial charge on any atom is 0.167 e. The standard InChI is InChI=1S/C20H16FNO2/c1-2-3-18-20-17-10-9-16(23-15-7-5-14(21)6-8-15)12-13(17)4-11-19(20)24-22-18/h4-12H,2-3H2,1H3. The molecule has 0 saturated carbocycles. The smallest absolute Gasteiger partial charge is 0.167 e. The lowest BCUT2D eigenvalue weighted by Gasteiger charge is -2.07. The van der Waals surface area contributed by atoms with Gasteiger partial charge in [-0.3, -0.25) is 0 Å². The summed E-state index contributed by atoms with van der Waals surface area (Å²) in [7, 11) is 0. The molecule has 120 valence electrons. The van der Waals surface area contributed by atoms with Crippen molar-refractivity contribution in [3.05, 3.63) is 66.1 Å². The fourth-order valence-corrected chi connectivity index (χ4v) is 2.92. The Labute approximate surface area is 138 Å². The first-order chi connectivity index (χ1) is 11.7. The Kier molecular flexibility index (Phi) is 3.65. The van der Waals surface area contributed by atoms with Crippen LogP contribution in [0.4, 0.5) is 4.39 Å². The van der Waals surface area contributed by atoms with Gasteiger partial charge in [-0.1, -0.05) is 24.6 Å². The summed E-state index contributed by atoms with van der Waals surface area (Å²) in [5, 5.41) is 7.42. The molecule has 3 nitrogen and oxygen atoms in total. The van der Waals surface area contributed by atoms with Gasteiger partial charge in [0, 0.05) is 0 Å². The Hall–Kier alpha value is -2.88. The van der Waals surface area contributed by atoms with Gasteiger partial charge in [-0.25, -0.2) is 4.39 Å². The van der Waals surface area contributed by atoms with E-state index in [-0.39, 0.29) is 5.82 Å². The van der Waals surface area contributed by atoms with Crippen molar-refractivity contribution in [1.29, 1.82) is 0 Å². The van der Waals surface area contributed by atoms with E-state index in [2.05, 4.69) is 12.1 Å². The van der Waals surface area contributed by atoms with Crippen LogP contribution in [0.3, 0.4) is 0 Å². The number of hydrogen-bond donors (Lipinski definition) is 0. The zero-order chi connectivity index (χ0) is 16.5. The third-order valence-corrected chi connectivity index (χ3v) is 4.03. The van der Waals surface area contributed by atoms with E-state index < -0.39 is 0 Å². The first-order valence-electron chi connectivity index (χ1n) is 7.99. The molecule has 0 amide bonds. The Balaban J connectivity index is 1.76. The Morgan fingerprint density at radius 1 is 1.00 bits per heavy atom. The van der Waals surface area contributed by atoms with Crippen molar-refractivity contribution < 1.29 is 13.7 Å². The molecule has 0 aliphatic heterocycles. The van der Waals surface area contributed by atoms with Gasteiger partial charge >= 0.3 is 0 Å². The molecule has 4 heteroatoms. The van der Waals surface area contributed by atoms with Gasteiger partial charge in [0.15, 0.2) is 5.58 Å².